The highest BCUT2D eigenvalue weighted by Crippen LogP contribution is 2.29. The Kier molecular flexibility index (Phi) is 6.82. The van der Waals surface area contributed by atoms with Gasteiger partial charge < -0.3 is 15.4 Å². The monoisotopic (exact) mass is 476 g/mol. The number of nitrogens with one attached hydrogen (secondary N) is 2. The summed E-state index contributed by atoms with van der Waals surface area (Å²) in [5.74, 6) is -1.14. The molecule has 2 amide bonds. The van der Waals surface area contributed by atoms with Crippen LogP contribution in [0.25, 0.3) is 0 Å². The van der Waals surface area contributed by atoms with Gasteiger partial charge >= 0.3 is 5.69 Å². The molecule has 0 aliphatic heterocycles. The molecule has 1 aromatic heterocycles. The maximum atomic E-state index is 12.1. The molecule has 0 bridgehead atoms. The minimum absolute atomic E-state index is 0.250. The Morgan fingerprint density at radius 2 is 1.72 bits per heavy atom. The molecule has 0 atom stereocenters. The molecule has 13 heteroatoms. The van der Waals surface area contributed by atoms with E-state index in [1.807, 2.05) is 0 Å². The topological polar surface area (TPSA) is 171 Å². The molecular weight excluding hydrogens is 460 g/mol. The molecule has 0 saturated carbocycles. The zero-order valence-corrected chi connectivity index (χ0v) is 17.8. The van der Waals surface area contributed by atoms with E-state index in [0.29, 0.717) is 16.3 Å². The number of ether oxygens (including phenoxy) is 1. The molecule has 0 spiro atoms. The predicted molar refractivity (Wildman–Crippen MR) is 117 cm³/mol. The zero-order chi connectivity index (χ0) is 23.3. The summed E-state index contributed by atoms with van der Waals surface area (Å²) in [6, 6.07) is 12.6. The molecule has 32 heavy (non-hydrogen) atoms. The van der Waals surface area contributed by atoms with Crippen LogP contribution in [0.3, 0.4) is 0 Å². The molecule has 0 saturated heterocycles. The molecule has 3 aromatic rings. The summed E-state index contributed by atoms with van der Waals surface area (Å²) in [6.07, 6.45) is 0. The van der Waals surface area contributed by atoms with Crippen LogP contribution in [-0.2, 0) is 14.8 Å². The number of rotatable bonds is 8. The number of nitrogens with zero attached hydrogens (tertiary/aromatic N) is 1. The first kappa shape index (κ1) is 22.9. The van der Waals surface area contributed by atoms with Crippen LogP contribution in [0.15, 0.2) is 64.9 Å². The Labute approximate surface area is 186 Å². The van der Waals surface area contributed by atoms with Gasteiger partial charge in [-0.1, -0.05) is 6.07 Å². The van der Waals surface area contributed by atoms with E-state index in [9.17, 15) is 28.1 Å². The Morgan fingerprint density at radius 3 is 2.28 bits per heavy atom. The largest absolute Gasteiger partial charge is 0.477 e. The van der Waals surface area contributed by atoms with Gasteiger partial charge in [-0.05, 0) is 47.8 Å². The fourth-order valence-electron chi connectivity index (χ4n) is 2.52. The zero-order valence-electron chi connectivity index (χ0n) is 16.2. The second-order valence-electron chi connectivity index (χ2n) is 6.28. The van der Waals surface area contributed by atoms with Crippen LogP contribution in [0.2, 0.25) is 0 Å². The van der Waals surface area contributed by atoms with E-state index >= 15 is 0 Å². The summed E-state index contributed by atoms with van der Waals surface area (Å²) in [6.45, 7) is -0.563. The van der Waals surface area contributed by atoms with Gasteiger partial charge in [-0.3, -0.25) is 19.7 Å². The van der Waals surface area contributed by atoms with Crippen molar-refractivity contribution in [3.05, 3.63) is 75.0 Å². The van der Waals surface area contributed by atoms with Crippen molar-refractivity contribution in [3.8, 4) is 5.75 Å². The Morgan fingerprint density at radius 1 is 1.06 bits per heavy atom. The third-order valence-corrected chi connectivity index (χ3v) is 5.77. The summed E-state index contributed by atoms with van der Waals surface area (Å²) in [7, 11) is -4.14. The maximum absolute atomic E-state index is 12.1. The van der Waals surface area contributed by atoms with Gasteiger partial charge in [0, 0.05) is 17.4 Å². The van der Waals surface area contributed by atoms with Crippen LogP contribution in [0.4, 0.5) is 17.1 Å². The summed E-state index contributed by atoms with van der Waals surface area (Å²) < 4.78 is 27.9. The number of primary sulfonamides is 1. The van der Waals surface area contributed by atoms with Crippen molar-refractivity contribution in [2.75, 3.05) is 17.2 Å². The Balaban J connectivity index is 1.59. The average Bonchev–Trinajstić information content (AvgIpc) is 3.28. The number of benzene rings is 2. The van der Waals surface area contributed by atoms with E-state index in [-0.39, 0.29) is 11.7 Å². The van der Waals surface area contributed by atoms with E-state index in [2.05, 4.69) is 10.6 Å². The molecule has 3 rings (SSSR count). The van der Waals surface area contributed by atoms with Crippen molar-refractivity contribution in [1.82, 2.24) is 0 Å². The molecule has 0 radical (unpaired) electrons. The van der Waals surface area contributed by atoms with Crippen molar-refractivity contribution >= 4 is 50.2 Å². The molecule has 0 aliphatic rings. The van der Waals surface area contributed by atoms with Gasteiger partial charge in [-0.25, -0.2) is 13.6 Å². The number of nitro benzene ring substituents is 1. The summed E-state index contributed by atoms with van der Waals surface area (Å²) >= 11 is 1.31. The van der Waals surface area contributed by atoms with Crippen LogP contribution < -0.4 is 20.5 Å². The summed E-state index contributed by atoms with van der Waals surface area (Å²) in [5, 5.41) is 23.2. The van der Waals surface area contributed by atoms with Crippen molar-refractivity contribution in [1.29, 1.82) is 0 Å². The van der Waals surface area contributed by atoms with Crippen molar-refractivity contribution in [3.63, 3.8) is 0 Å². The minimum Gasteiger partial charge on any atom is -0.477 e. The van der Waals surface area contributed by atoms with Gasteiger partial charge in [0.25, 0.3) is 11.8 Å². The first-order valence-electron chi connectivity index (χ1n) is 8.82. The smallest absolute Gasteiger partial charge is 0.312 e. The quantitative estimate of drug-likeness (QED) is 0.331. The van der Waals surface area contributed by atoms with E-state index in [1.54, 1.807) is 41.8 Å². The van der Waals surface area contributed by atoms with Gasteiger partial charge in [0.05, 0.1) is 14.7 Å². The standard InChI is InChI=1S/C19H16N4O7S2/c20-32(28,29)14-7-8-16(15(10-14)23(26)27)30-11-18(24)21-12-3-5-13(6-4-12)22-19(25)17-2-1-9-31-17/h1-10H,11H2,(H,21,24)(H,22,25)(H2,20,28,29). The van der Waals surface area contributed by atoms with E-state index in [4.69, 9.17) is 9.88 Å². The molecule has 1 heterocycles. The van der Waals surface area contributed by atoms with Gasteiger partial charge in [0.15, 0.2) is 12.4 Å². The van der Waals surface area contributed by atoms with Crippen molar-refractivity contribution in [2.45, 2.75) is 4.90 Å². The van der Waals surface area contributed by atoms with Crippen LogP contribution in [-0.4, -0.2) is 31.8 Å². The normalized spacial score (nSPS) is 10.9. The number of thiophene rings is 1. The number of carbonyl (C=O) groups is 2. The Bertz CT molecular complexity index is 1260. The third kappa shape index (κ3) is 5.87. The predicted octanol–water partition coefficient (Wildman–Crippen LogP) is 2.57. The lowest BCUT2D eigenvalue weighted by Gasteiger charge is -2.09. The third-order valence-electron chi connectivity index (χ3n) is 3.99. The number of hydrogen-bond acceptors (Lipinski definition) is 8. The highest BCUT2D eigenvalue weighted by Gasteiger charge is 2.21. The number of hydrogen-bond donors (Lipinski definition) is 3. The fraction of sp³-hybridized carbons (Fsp3) is 0.0526. The lowest BCUT2D eigenvalue weighted by molar-refractivity contribution is -0.386. The van der Waals surface area contributed by atoms with Crippen LogP contribution >= 0.6 is 11.3 Å². The summed E-state index contributed by atoms with van der Waals surface area (Å²) in [5.41, 5.74) is 0.296. The first-order chi connectivity index (χ1) is 15.1. The average molecular weight is 476 g/mol. The highest BCUT2D eigenvalue weighted by atomic mass is 32.2. The lowest BCUT2D eigenvalue weighted by atomic mass is 10.2. The first-order valence-corrected chi connectivity index (χ1v) is 11.2. The molecule has 0 unspecified atom stereocenters. The Hall–Kier alpha value is -3.81. The number of amides is 2. The van der Waals surface area contributed by atoms with E-state index < -0.39 is 38.0 Å². The molecule has 4 N–H and O–H groups in total. The number of sulfonamides is 1. The van der Waals surface area contributed by atoms with Crippen molar-refractivity contribution < 1.29 is 27.7 Å². The SMILES string of the molecule is NS(=O)(=O)c1ccc(OCC(=O)Nc2ccc(NC(=O)c3cccs3)cc2)c([N+](=O)[O-])c1. The number of nitrogens with two attached hydrogens (primary N) is 1. The van der Waals surface area contributed by atoms with Crippen molar-refractivity contribution in [2.24, 2.45) is 5.14 Å². The van der Waals surface area contributed by atoms with Gasteiger partial charge in [0.2, 0.25) is 10.0 Å². The molecule has 0 aliphatic carbocycles. The van der Waals surface area contributed by atoms with Crippen LogP contribution in [0.1, 0.15) is 9.67 Å². The minimum atomic E-state index is -4.14. The molecule has 11 nitrogen and oxygen atoms in total. The number of nitro groups is 1. The lowest BCUT2D eigenvalue weighted by Crippen LogP contribution is -2.20. The van der Waals surface area contributed by atoms with E-state index in [0.717, 1.165) is 18.2 Å². The highest BCUT2D eigenvalue weighted by molar-refractivity contribution is 7.89. The van der Waals surface area contributed by atoms with Gasteiger partial charge in [-0.15, -0.1) is 11.3 Å². The van der Waals surface area contributed by atoms with Crippen LogP contribution in [0, 0.1) is 10.1 Å². The van der Waals surface area contributed by atoms with E-state index in [1.165, 1.54) is 11.3 Å². The summed E-state index contributed by atoms with van der Waals surface area (Å²) in [4.78, 5) is 34.6. The van der Waals surface area contributed by atoms with Gasteiger partial charge in [-0.2, -0.15) is 0 Å². The molecule has 166 valence electrons. The molecular formula is C19H16N4O7S2. The van der Waals surface area contributed by atoms with Gasteiger partial charge in [0.1, 0.15) is 0 Å². The molecule has 2 aromatic carbocycles. The second-order valence-corrected chi connectivity index (χ2v) is 8.79. The number of anilines is 2. The molecule has 0 fully saturated rings. The van der Waals surface area contributed by atoms with Crippen LogP contribution in [0.5, 0.6) is 5.75 Å². The number of carbonyl (C=O) groups excluding carboxylic acids is 2. The second kappa shape index (κ2) is 9.55. The maximum Gasteiger partial charge on any atom is 0.312 e. The fourth-order valence-corrected chi connectivity index (χ4v) is 3.67.